The minimum absolute atomic E-state index is 0.0128. The number of piperidine rings is 2. The van der Waals surface area contributed by atoms with Gasteiger partial charge in [-0.1, -0.05) is 12.1 Å². The number of anilines is 4. The lowest BCUT2D eigenvalue weighted by Gasteiger charge is -2.36. The number of amides is 4. The number of carbonyl (C=O) groups excluding carboxylic acids is 4. The number of nitrogens with zero attached hydrogens (tertiary/aromatic N) is 4. The van der Waals surface area contributed by atoms with Crippen LogP contribution in [0.2, 0.25) is 0 Å². The molecule has 16 nitrogen and oxygen atoms in total. The third kappa shape index (κ3) is 6.78. The molecule has 1 aromatic heterocycles. The molecule has 4 amide bonds. The van der Waals surface area contributed by atoms with Crippen molar-refractivity contribution >= 4 is 72.7 Å². The summed E-state index contributed by atoms with van der Waals surface area (Å²) >= 11 is 3.50. The highest BCUT2D eigenvalue weighted by Gasteiger charge is 2.46. The monoisotopic (exact) mass is 808 g/mol. The third-order valence-electron chi connectivity index (χ3n) is 10.5. The molecule has 2 saturated heterocycles. The minimum atomic E-state index is -3.54. The van der Waals surface area contributed by atoms with Gasteiger partial charge in [0, 0.05) is 43.5 Å². The highest BCUT2D eigenvalue weighted by Crippen LogP contribution is 2.41. The molecule has 1 unspecified atom stereocenters. The Kier molecular flexibility index (Phi) is 9.44. The lowest BCUT2D eigenvalue weighted by atomic mass is 9.94. The predicted octanol–water partition coefficient (Wildman–Crippen LogP) is 3.74. The van der Waals surface area contributed by atoms with Crippen LogP contribution in [0.15, 0.2) is 47.1 Å². The average molecular weight is 810 g/mol. The molecule has 3 aromatic rings. The summed E-state index contributed by atoms with van der Waals surface area (Å²) in [6, 6.07) is 9.34. The molecule has 5 heterocycles. The largest absolute Gasteiger partial charge is 0.454 e. The smallest absolute Gasteiger partial charge is 0.264 e. The van der Waals surface area contributed by atoms with E-state index in [4.69, 9.17) is 9.47 Å². The standard InChI is InChI=1S/C35H37BrN8O8S/c36-23-17-37-35(42-31(23)40-25-5-2-6-27-30(25)52-18-51-27)39-20-13-15-43(16-14-20)53(49,50)21-9-7-19(8-10-21)38-24-4-1-3-22-29(24)34(48)44(33(22)47)26-11-12-28(45)41-32(26)46/h1-6,17,19-21,26,38H,7-16,18H2,(H,41,45,46)(H2,37,39,40,42). The number of imide groups is 2. The summed E-state index contributed by atoms with van der Waals surface area (Å²) in [4.78, 5) is 60.9. The van der Waals surface area contributed by atoms with E-state index in [-0.39, 0.29) is 42.8 Å². The van der Waals surface area contributed by atoms with Crippen molar-refractivity contribution in [3.8, 4) is 11.5 Å². The van der Waals surface area contributed by atoms with Gasteiger partial charge in [-0.3, -0.25) is 29.4 Å². The molecular weight excluding hydrogens is 772 g/mol. The summed E-state index contributed by atoms with van der Waals surface area (Å²) in [5.41, 5.74) is 1.57. The number of hydrogen-bond acceptors (Lipinski definition) is 13. The van der Waals surface area contributed by atoms with Gasteiger partial charge in [-0.2, -0.15) is 4.98 Å². The maximum atomic E-state index is 13.8. The van der Waals surface area contributed by atoms with Gasteiger partial charge in [0.25, 0.3) is 11.8 Å². The Hall–Kier alpha value is -4.81. The van der Waals surface area contributed by atoms with Crippen molar-refractivity contribution < 1.29 is 37.1 Å². The second-order valence-corrected chi connectivity index (χ2v) is 16.8. The van der Waals surface area contributed by atoms with Crippen molar-refractivity contribution in [3.63, 3.8) is 0 Å². The van der Waals surface area contributed by atoms with E-state index in [1.807, 2.05) is 18.2 Å². The number of ether oxygens (including phenoxy) is 2. The van der Waals surface area contributed by atoms with Crippen molar-refractivity contribution in [2.45, 2.75) is 74.7 Å². The zero-order valence-corrected chi connectivity index (χ0v) is 30.9. The zero-order chi connectivity index (χ0) is 36.9. The van der Waals surface area contributed by atoms with Crippen LogP contribution < -0.4 is 30.7 Å². The van der Waals surface area contributed by atoms with Crippen molar-refractivity contribution in [1.29, 1.82) is 0 Å². The molecule has 3 fully saturated rings. The number of halogens is 1. The molecule has 2 aromatic carbocycles. The highest BCUT2D eigenvalue weighted by atomic mass is 79.9. The Morgan fingerprint density at radius 3 is 2.36 bits per heavy atom. The van der Waals surface area contributed by atoms with E-state index in [0.717, 1.165) is 4.90 Å². The SMILES string of the molecule is O=C1CCC(N2C(=O)c3cccc(NC4CCC(S(=O)(=O)N5CCC(Nc6ncc(Br)c(Nc7cccc8c7OCO8)n6)CC5)CC4)c3C2=O)C(=O)N1. The Morgan fingerprint density at radius 2 is 1.58 bits per heavy atom. The molecule has 1 atom stereocenters. The normalized spacial score (nSPS) is 23.5. The van der Waals surface area contributed by atoms with Crippen molar-refractivity contribution in [1.82, 2.24) is 24.5 Å². The minimum Gasteiger partial charge on any atom is -0.454 e. The highest BCUT2D eigenvalue weighted by molar-refractivity contribution is 9.10. The fourth-order valence-electron chi connectivity index (χ4n) is 7.69. The Balaban J connectivity index is 0.846. The van der Waals surface area contributed by atoms with Crippen LogP contribution in [0, 0.1) is 0 Å². The van der Waals surface area contributed by atoms with Gasteiger partial charge in [-0.25, -0.2) is 17.7 Å². The first-order valence-electron chi connectivity index (χ1n) is 17.6. The summed E-state index contributed by atoms with van der Waals surface area (Å²) in [5, 5.41) is 11.7. The van der Waals surface area contributed by atoms with Crippen LogP contribution >= 0.6 is 15.9 Å². The van der Waals surface area contributed by atoms with E-state index in [2.05, 4.69) is 47.2 Å². The van der Waals surface area contributed by atoms with Gasteiger partial charge in [0.2, 0.25) is 34.6 Å². The Bertz CT molecular complexity index is 2100. The van der Waals surface area contributed by atoms with Crippen molar-refractivity contribution in [3.05, 3.63) is 58.2 Å². The molecular formula is C35H37BrN8O8S. The molecule has 8 rings (SSSR count). The van der Waals surface area contributed by atoms with Crippen LogP contribution in [-0.2, 0) is 19.6 Å². The maximum absolute atomic E-state index is 13.8. The number of fused-ring (bicyclic) bond motifs is 2. The fourth-order valence-corrected chi connectivity index (χ4v) is 9.99. The number of para-hydroxylation sites is 1. The number of aromatic nitrogens is 2. The molecule has 18 heteroatoms. The maximum Gasteiger partial charge on any atom is 0.264 e. The number of rotatable bonds is 9. The molecule has 278 valence electrons. The van der Waals surface area contributed by atoms with Crippen molar-refractivity contribution in [2.24, 2.45) is 0 Å². The molecule has 1 aliphatic carbocycles. The predicted molar refractivity (Wildman–Crippen MR) is 195 cm³/mol. The molecule has 4 N–H and O–H groups in total. The molecule has 4 aliphatic heterocycles. The topological polar surface area (TPSA) is 201 Å². The number of nitrogens with one attached hydrogen (secondary N) is 4. The van der Waals surface area contributed by atoms with Gasteiger partial charge in [0.1, 0.15) is 11.9 Å². The molecule has 5 aliphatic rings. The van der Waals surface area contributed by atoms with Gasteiger partial charge in [0.15, 0.2) is 11.5 Å². The number of hydrogen-bond donors (Lipinski definition) is 4. The van der Waals surface area contributed by atoms with Gasteiger partial charge < -0.3 is 25.4 Å². The second-order valence-electron chi connectivity index (χ2n) is 13.7. The summed E-state index contributed by atoms with van der Waals surface area (Å²) < 4.78 is 40.8. The Morgan fingerprint density at radius 1 is 0.849 bits per heavy atom. The van der Waals surface area contributed by atoms with Crippen LogP contribution in [0.3, 0.4) is 0 Å². The first-order valence-corrected chi connectivity index (χ1v) is 19.9. The van der Waals surface area contributed by atoms with E-state index in [1.54, 1.807) is 28.7 Å². The summed E-state index contributed by atoms with van der Waals surface area (Å²) in [6.07, 6.45) is 4.99. The van der Waals surface area contributed by atoms with Crippen LogP contribution in [0.25, 0.3) is 0 Å². The van der Waals surface area contributed by atoms with Crippen molar-refractivity contribution in [2.75, 3.05) is 35.8 Å². The van der Waals surface area contributed by atoms with Gasteiger partial charge in [-0.05, 0) is 85.1 Å². The molecule has 0 radical (unpaired) electrons. The fraction of sp³-hybridized carbons (Fsp3) is 0.429. The zero-order valence-electron chi connectivity index (χ0n) is 28.5. The first kappa shape index (κ1) is 35.2. The summed E-state index contributed by atoms with van der Waals surface area (Å²) in [5.74, 6) is -0.0181. The number of sulfonamides is 1. The first-order chi connectivity index (χ1) is 25.6. The van der Waals surface area contributed by atoms with Crippen LogP contribution in [0.4, 0.5) is 23.1 Å². The van der Waals surface area contributed by atoms with Gasteiger partial charge in [0.05, 0.1) is 26.5 Å². The average Bonchev–Trinajstić information content (AvgIpc) is 3.73. The lowest BCUT2D eigenvalue weighted by molar-refractivity contribution is -0.136. The number of carbonyl (C=O) groups is 4. The van der Waals surface area contributed by atoms with E-state index >= 15 is 0 Å². The van der Waals surface area contributed by atoms with Gasteiger partial charge >= 0.3 is 0 Å². The number of benzene rings is 2. The summed E-state index contributed by atoms with van der Waals surface area (Å²) in [7, 11) is -3.54. The van der Waals surface area contributed by atoms with Crippen LogP contribution in [-0.4, -0.2) is 94.5 Å². The van der Waals surface area contributed by atoms with Gasteiger partial charge in [-0.15, -0.1) is 0 Å². The lowest BCUT2D eigenvalue weighted by Crippen LogP contribution is -2.54. The quantitative estimate of drug-likeness (QED) is 0.228. The van der Waals surface area contributed by atoms with E-state index in [1.165, 1.54) is 0 Å². The Labute approximate surface area is 313 Å². The molecule has 53 heavy (non-hydrogen) atoms. The molecule has 0 spiro atoms. The molecule has 1 saturated carbocycles. The van der Waals surface area contributed by atoms with Crippen LogP contribution in [0.5, 0.6) is 11.5 Å². The van der Waals surface area contributed by atoms with E-state index in [0.29, 0.717) is 90.7 Å². The van der Waals surface area contributed by atoms with E-state index in [9.17, 15) is 27.6 Å². The van der Waals surface area contributed by atoms with Crippen LogP contribution in [0.1, 0.15) is 72.1 Å². The third-order valence-corrected chi connectivity index (χ3v) is 13.4. The second kappa shape index (κ2) is 14.2. The summed E-state index contributed by atoms with van der Waals surface area (Å²) in [6.45, 7) is 0.907. The van der Waals surface area contributed by atoms with E-state index < -0.39 is 44.9 Å². The molecule has 0 bridgehead atoms.